The minimum atomic E-state index is -1.55. The van der Waals surface area contributed by atoms with Crippen molar-refractivity contribution < 1.29 is 22.0 Å². The molecule has 0 nitrogen and oxygen atoms in total. The van der Waals surface area contributed by atoms with Crippen LogP contribution < -0.4 is 0 Å². The lowest BCUT2D eigenvalue weighted by atomic mass is 9.68. The van der Waals surface area contributed by atoms with E-state index in [0.717, 1.165) is 6.08 Å². The Hall–Kier alpha value is -0.870. The van der Waals surface area contributed by atoms with Gasteiger partial charge in [0.2, 0.25) is 0 Å². The average molecular weight is 253 g/mol. The molecule has 0 aliphatic heterocycles. The summed E-state index contributed by atoms with van der Waals surface area (Å²) in [6, 6.07) is 0. The van der Waals surface area contributed by atoms with Crippen molar-refractivity contribution in [1.29, 1.82) is 0 Å². The average Bonchev–Trinajstić information content (AvgIpc) is 2.36. The first-order valence-electron chi connectivity index (χ1n) is 5.17. The van der Waals surface area contributed by atoms with Crippen molar-refractivity contribution in [1.82, 2.24) is 0 Å². The van der Waals surface area contributed by atoms with Crippen molar-refractivity contribution in [3.63, 3.8) is 0 Å². The summed E-state index contributed by atoms with van der Waals surface area (Å²) in [7, 11) is 0. The van der Waals surface area contributed by atoms with Crippen molar-refractivity contribution in [3.05, 3.63) is 29.7 Å². The Balaban J connectivity index is 3.31. The maximum Gasteiger partial charge on any atom is 0.115 e. The maximum atomic E-state index is 12.9. The number of halogens is 5. The van der Waals surface area contributed by atoms with Crippen LogP contribution in [0.5, 0.6) is 0 Å². The van der Waals surface area contributed by atoms with E-state index in [1.165, 1.54) is 0 Å². The van der Waals surface area contributed by atoms with Gasteiger partial charge in [0, 0.05) is 11.3 Å². The second-order valence-corrected chi connectivity index (χ2v) is 4.15. The third kappa shape index (κ3) is 2.38. The van der Waals surface area contributed by atoms with Crippen LogP contribution in [-0.4, -0.2) is 33.4 Å². The van der Waals surface area contributed by atoms with E-state index >= 15 is 0 Å². The number of allylic oxidation sites excluding steroid dienone is 4. The van der Waals surface area contributed by atoms with Crippen LogP contribution in [-0.2, 0) is 0 Å². The van der Waals surface area contributed by atoms with Gasteiger partial charge in [0.25, 0.3) is 0 Å². The van der Waals surface area contributed by atoms with Gasteiger partial charge in [-0.1, -0.05) is 6.08 Å². The molecule has 0 aromatic heterocycles. The van der Waals surface area contributed by atoms with Gasteiger partial charge in [0.15, 0.2) is 0 Å². The second kappa shape index (κ2) is 5.65. The molecule has 0 saturated carbocycles. The molecule has 0 aromatic rings. The molecule has 0 bridgehead atoms. The van der Waals surface area contributed by atoms with Gasteiger partial charge in [-0.15, -0.1) is 0 Å². The van der Waals surface area contributed by atoms with Gasteiger partial charge < -0.3 is 0 Å². The van der Waals surface area contributed by atoms with Crippen LogP contribution in [0.15, 0.2) is 22.8 Å². The lowest BCUT2D eigenvalue weighted by Gasteiger charge is -2.37. The zero-order valence-electron chi connectivity index (χ0n) is 9.29. The SMILES string of the molecule is [CH2]C1(CF)C=C(CF)C(CF)=C(CF)C1CF. The summed E-state index contributed by atoms with van der Waals surface area (Å²) >= 11 is 0. The van der Waals surface area contributed by atoms with Crippen LogP contribution >= 0.6 is 0 Å². The predicted molar refractivity (Wildman–Crippen MR) is 56.3 cm³/mol. The molecule has 0 aromatic carbocycles. The van der Waals surface area contributed by atoms with Gasteiger partial charge in [0.05, 0.1) is 13.3 Å². The molecule has 5 heteroatoms. The summed E-state index contributed by atoms with van der Waals surface area (Å²) in [5.74, 6) is -1.17. The Morgan fingerprint density at radius 1 is 1.06 bits per heavy atom. The molecule has 0 N–H and O–H groups in total. The number of alkyl halides is 5. The molecule has 0 spiro atoms. The molecule has 0 fully saturated rings. The van der Waals surface area contributed by atoms with E-state index < -0.39 is 44.7 Å². The number of hydrogen-bond donors (Lipinski definition) is 0. The van der Waals surface area contributed by atoms with Crippen molar-refractivity contribution in [2.24, 2.45) is 11.3 Å². The molecule has 2 atom stereocenters. The van der Waals surface area contributed by atoms with Crippen LogP contribution in [0.3, 0.4) is 0 Å². The zero-order chi connectivity index (χ0) is 13.1. The van der Waals surface area contributed by atoms with Gasteiger partial charge in [-0.05, 0) is 23.6 Å². The minimum absolute atomic E-state index is 0.127. The normalized spacial score (nSPS) is 29.5. The Morgan fingerprint density at radius 3 is 2.06 bits per heavy atom. The molecule has 0 amide bonds. The van der Waals surface area contributed by atoms with Gasteiger partial charge in [-0.25, -0.2) is 13.2 Å². The monoisotopic (exact) mass is 253 g/mol. The lowest BCUT2D eigenvalue weighted by molar-refractivity contribution is 0.197. The largest absolute Gasteiger partial charge is 0.250 e. The number of hydrogen-bond acceptors (Lipinski definition) is 0. The summed E-state index contributed by atoms with van der Waals surface area (Å²) < 4.78 is 64.1. The molecule has 2 unspecified atom stereocenters. The third-order valence-electron chi connectivity index (χ3n) is 3.18. The van der Waals surface area contributed by atoms with Gasteiger partial charge in [-0.3, -0.25) is 8.78 Å². The smallest absolute Gasteiger partial charge is 0.115 e. The highest BCUT2D eigenvalue weighted by molar-refractivity contribution is 5.45. The van der Waals surface area contributed by atoms with E-state index in [-0.39, 0.29) is 16.7 Å². The molecular weight excluding hydrogens is 239 g/mol. The summed E-state index contributed by atoms with van der Waals surface area (Å²) in [5, 5.41) is 0. The molecule has 17 heavy (non-hydrogen) atoms. The Bertz CT molecular complexity index is 334. The van der Waals surface area contributed by atoms with E-state index in [4.69, 9.17) is 0 Å². The highest BCUT2D eigenvalue weighted by Gasteiger charge is 2.40. The van der Waals surface area contributed by atoms with E-state index in [1.54, 1.807) is 0 Å². The molecule has 97 valence electrons. The molecule has 0 saturated heterocycles. The van der Waals surface area contributed by atoms with Crippen molar-refractivity contribution in [2.75, 3.05) is 33.4 Å². The van der Waals surface area contributed by atoms with E-state index in [0.29, 0.717) is 0 Å². The Morgan fingerprint density at radius 2 is 1.71 bits per heavy atom. The first kappa shape index (κ1) is 14.2. The molecule has 1 aliphatic carbocycles. The quantitative estimate of drug-likeness (QED) is 0.658. The minimum Gasteiger partial charge on any atom is -0.250 e. The van der Waals surface area contributed by atoms with Gasteiger partial charge in [-0.2, -0.15) is 0 Å². The van der Waals surface area contributed by atoms with E-state index in [9.17, 15) is 22.0 Å². The predicted octanol–water partition coefficient (Wildman–Crippen LogP) is 3.51. The highest BCUT2D eigenvalue weighted by atomic mass is 19.1. The third-order valence-corrected chi connectivity index (χ3v) is 3.18. The summed E-state index contributed by atoms with van der Waals surface area (Å²) in [4.78, 5) is 0. The Labute approximate surface area is 97.2 Å². The summed E-state index contributed by atoms with van der Waals surface area (Å²) in [5.41, 5.74) is -2.07. The van der Waals surface area contributed by atoms with Gasteiger partial charge in [0.1, 0.15) is 20.0 Å². The highest BCUT2D eigenvalue weighted by Crippen LogP contribution is 2.43. The molecule has 0 heterocycles. The van der Waals surface area contributed by atoms with E-state index in [2.05, 4.69) is 6.92 Å². The van der Waals surface area contributed by atoms with Crippen LogP contribution in [0.1, 0.15) is 0 Å². The van der Waals surface area contributed by atoms with Crippen LogP contribution in [0, 0.1) is 18.3 Å². The second-order valence-electron chi connectivity index (χ2n) is 4.15. The summed E-state index contributed by atoms with van der Waals surface area (Å²) in [6.45, 7) is -1.87. The maximum absolute atomic E-state index is 12.9. The van der Waals surface area contributed by atoms with Crippen molar-refractivity contribution >= 4 is 0 Å². The van der Waals surface area contributed by atoms with Crippen molar-refractivity contribution in [2.45, 2.75) is 0 Å². The van der Waals surface area contributed by atoms with Crippen LogP contribution in [0.4, 0.5) is 22.0 Å². The standard InChI is InChI=1S/C12H14F5/c1-12(7-17)2-8(3-13)9(4-14)10(5-15)11(12)6-16/h2,11H,1,3-7H2. The van der Waals surface area contributed by atoms with Crippen molar-refractivity contribution in [3.8, 4) is 0 Å². The van der Waals surface area contributed by atoms with Crippen LogP contribution in [0.25, 0.3) is 0 Å². The molecular formula is C12H14F5. The molecule has 1 radical (unpaired) electrons. The zero-order valence-corrected chi connectivity index (χ0v) is 9.29. The van der Waals surface area contributed by atoms with E-state index in [1.807, 2.05) is 0 Å². The molecule has 1 aliphatic rings. The first-order valence-corrected chi connectivity index (χ1v) is 5.17. The molecule has 1 rings (SSSR count). The fourth-order valence-corrected chi connectivity index (χ4v) is 2.14. The topological polar surface area (TPSA) is 0 Å². The fraction of sp³-hybridized carbons (Fsp3) is 0.583. The van der Waals surface area contributed by atoms with Gasteiger partial charge >= 0.3 is 0 Å². The lowest BCUT2D eigenvalue weighted by Crippen LogP contribution is -2.36. The summed E-state index contributed by atoms with van der Waals surface area (Å²) in [6.07, 6.45) is 1.09. The number of rotatable bonds is 5. The van der Waals surface area contributed by atoms with Crippen LogP contribution in [0.2, 0.25) is 0 Å². The fourth-order valence-electron chi connectivity index (χ4n) is 2.14. The first-order chi connectivity index (χ1) is 8.07. The Kier molecular flexibility index (Phi) is 4.71.